The zero-order valence-corrected chi connectivity index (χ0v) is 13.5. The maximum atomic E-state index is 12.2. The van der Waals surface area contributed by atoms with E-state index >= 15 is 0 Å². The fourth-order valence-corrected chi connectivity index (χ4v) is 2.93. The van der Waals surface area contributed by atoms with Crippen molar-refractivity contribution in [2.75, 3.05) is 0 Å². The second-order valence-corrected chi connectivity index (χ2v) is 6.47. The summed E-state index contributed by atoms with van der Waals surface area (Å²) in [6.45, 7) is 6.52. The van der Waals surface area contributed by atoms with Crippen LogP contribution in [0.5, 0.6) is 0 Å². The number of rotatable bonds is 4. The zero-order chi connectivity index (χ0) is 14.0. The lowest BCUT2D eigenvalue weighted by Crippen LogP contribution is -2.25. The third kappa shape index (κ3) is 3.45. The Hall–Kier alpha value is -1.14. The minimum Gasteiger partial charge on any atom is -0.344 e. The van der Waals surface area contributed by atoms with Crippen LogP contribution in [0.15, 0.2) is 22.1 Å². The first-order valence-electron chi connectivity index (χ1n) is 6.04. The number of hydrogen-bond acceptors (Lipinski definition) is 3. The number of halogens is 1. The number of carbonyl (C=O) groups is 1. The molecule has 0 aliphatic heterocycles. The standard InChI is InChI=1S/C13H16BrN3OS/c1-8(2)17-6-10(14)4-11(17)13(18)15-5-12-16-9(3)7-19-12/h4,6-8H,5H2,1-3H3,(H,15,18). The van der Waals surface area contributed by atoms with Crippen LogP contribution in [0, 0.1) is 6.92 Å². The van der Waals surface area contributed by atoms with Gasteiger partial charge < -0.3 is 9.88 Å². The van der Waals surface area contributed by atoms with Crippen molar-refractivity contribution in [2.24, 2.45) is 0 Å². The van der Waals surface area contributed by atoms with Crippen LogP contribution in [0.25, 0.3) is 0 Å². The molecule has 2 rings (SSSR count). The number of aryl methyl sites for hydroxylation is 1. The molecule has 19 heavy (non-hydrogen) atoms. The molecule has 2 aromatic heterocycles. The first-order valence-corrected chi connectivity index (χ1v) is 7.71. The van der Waals surface area contributed by atoms with E-state index in [0.717, 1.165) is 15.2 Å². The van der Waals surface area contributed by atoms with Crippen molar-refractivity contribution in [3.05, 3.63) is 38.5 Å². The second-order valence-electron chi connectivity index (χ2n) is 4.61. The van der Waals surface area contributed by atoms with Gasteiger partial charge in [-0.1, -0.05) is 0 Å². The Balaban J connectivity index is 2.07. The maximum Gasteiger partial charge on any atom is 0.268 e. The summed E-state index contributed by atoms with van der Waals surface area (Å²) in [5.74, 6) is -0.0766. The molecule has 6 heteroatoms. The minimum absolute atomic E-state index is 0.0766. The Kier molecular flexibility index (Phi) is 4.42. The van der Waals surface area contributed by atoms with Crippen molar-refractivity contribution >= 4 is 33.2 Å². The Morgan fingerprint density at radius 1 is 1.58 bits per heavy atom. The first-order chi connectivity index (χ1) is 8.97. The Bertz CT molecular complexity index is 588. The molecule has 0 atom stereocenters. The lowest BCUT2D eigenvalue weighted by molar-refractivity contribution is 0.0940. The minimum atomic E-state index is -0.0766. The van der Waals surface area contributed by atoms with E-state index in [4.69, 9.17) is 0 Å². The maximum absolute atomic E-state index is 12.2. The van der Waals surface area contributed by atoms with Gasteiger partial charge in [0.2, 0.25) is 0 Å². The quantitative estimate of drug-likeness (QED) is 0.924. The highest BCUT2D eigenvalue weighted by Crippen LogP contribution is 2.19. The topological polar surface area (TPSA) is 46.9 Å². The van der Waals surface area contributed by atoms with Crippen molar-refractivity contribution in [2.45, 2.75) is 33.4 Å². The van der Waals surface area contributed by atoms with Gasteiger partial charge in [0, 0.05) is 27.8 Å². The molecule has 0 radical (unpaired) electrons. The average Bonchev–Trinajstić information content (AvgIpc) is 2.92. The van der Waals surface area contributed by atoms with Crippen LogP contribution in [0.1, 0.15) is 41.1 Å². The molecule has 1 N–H and O–H groups in total. The van der Waals surface area contributed by atoms with Gasteiger partial charge in [-0.15, -0.1) is 11.3 Å². The van der Waals surface area contributed by atoms with E-state index in [0.29, 0.717) is 12.2 Å². The van der Waals surface area contributed by atoms with E-state index in [1.165, 1.54) is 0 Å². The lowest BCUT2D eigenvalue weighted by atomic mass is 10.3. The molecule has 4 nitrogen and oxygen atoms in total. The van der Waals surface area contributed by atoms with Gasteiger partial charge in [-0.2, -0.15) is 0 Å². The number of thiazole rings is 1. The van der Waals surface area contributed by atoms with Crippen LogP contribution in [0.4, 0.5) is 0 Å². The molecule has 0 aliphatic carbocycles. The van der Waals surface area contributed by atoms with Crippen LogP contribution >= 0.6 is 27.3 Å². The fourth-order valence-electron chi connectivity index (χ4n) is 1.79. The van der Waals surface area contributed by atoms with Crippen LogP contribution in [-0.2, 0) is 6.54 Å². The SMILES string of the molecule is Cc1csc(CNC(=O)c2cc(Br)cn2C(C)C)n1. The predicted octanol–water partition coefficient (Wildman–Crippen LogP) is 3.53. The first kappa shape index (κ1) is 14.3. The van der Waals surface area contributed by atoms with E-state index in [-0.39, 0.29) is 11.9 Å². The van der Waals surface area contributed by atoms with Crippen molar-refractivity contribution in [1.82, 2.24) is 14.9 Å². The summed E-state index contributed by atoms with van der Waals surface area (Å²) in [5, 5.41) is 5.81. The summed E-state index contributed by atoms with van der Waals surface area (Å²) in [5.41, 5.74) is 1.65. The van der Waals surface area contributed by atoms with E-state index in [9.17, 15) is 4.79 Å². The summed E-state index contributed by atoms with van der Waals surface area (Å²) in [4.78, 5) is 16.5. The van der Waals surface area contributed by atoms with Gasteiger partial charge in [0.1, 0.15) is 10.7 Å². The molecule has 0 spiro atoms. The van der Waals surface area contributed by atoms with Gasteiger partial charge in [-0.3, -0.25) is 4.79 Å². The molecule has 0 saturated heterocycles. The van der Waals surface area contributed by atoms with E-state index < -0.39 is 0 Å². The summed E-state index contributed by atoms with van der Waals surface area (Å²) >= 11 is 4.97. The number of aromatic nitrogens is 2. The van der Waals surface area contributed by atoms with Crippen LogP contribution < -0.4 is 5.32 Å². The van der Waals surface area contributed by atoms with E-state index in [1.54, 1.807) is 11.3 Å². The van der Waals surface area contributed by atoms with Crippen molar-refractivity contribution in [1.29, 1.82) is 0 Å². The summed E-state index contributed by atoms with van der Waals surface area (Å²) in [6.07, 6.45) is 1.92. The van der Waals surface area contributed by atoms with Crippen LogP contribution in [-0.4, -0.2) is 15.5 Å². The smallest absolute Gasteiger partial charge is 0.268 e. The Morgan fingerprint density at radius 2 is 2.32 bits per heavy atom. The van der Waals surface area contributed by atoms with Crippen LogP contribution in [0.3, 0.4) is 0 Å². The normalized spacial score (nSPS) is 11.0. The molecule has 0 fully saturated rings. The Morgan fingerprint density at radius 3 is 2.89 bits per heavy atom. The van der Waals surface area contributed by atoms with E-state index in [2.05, 4.69) is 26.2 Å². The highest BCUT2D eigenvalue weighted by molar-refractivity contribution is 9.10. The molecule has 0 saturated carbocycles. The molecule has 0 bridgehead atoms. The summed E-state index contributed by atoms with van der Waals surface area (Å²) < 4.78 is 2.86. The number of nitrogens with zero attached hydrogens (tertiary/aromatic N) is 2. The molecular formula is C13H16BrN3OS. The number of hydrogen-bond donors (Lipinski definition) is 1. The number of carbonyl (C=O) groups excluding carboxylic acids is 1. The van der Waals surface area contributed by atoms with E-state index in [1.807, 2.05) is 43.0 Å². The highest BCUT2D eigenvalue weighted by Gasteiger charge is 2.15. The van der Waals surface area contributed by atoms with Gasteiger partial charge in [-0.05, 0) is 42.8 Å². The van der Waals surface area contributed by atoms with Crippen molar-refractivity contribution in [3.8, 4) is 0 Å². The van der Waals surface area contributed by atoms with Gasteiger partial charge in [0.05, 0.1) is 6.54 Å². The second kappa shape index (κ2) is 5.88. The Labute approximate surface area is 125 Å². The van der Waals surface area contributed by atoms with Crippen LogP contribution in [0.2, 0.25) is 0 Å². The molecule has 0 unspecified atom stereocenters. The molecule has 1 amide bonds. The third-order valence-electron chi connectivity index (χ3n) is 2.67. The fraction of sp³-hybridized carbons (Fsp3) is 0.385. The van der Waals surface area contributed by atoms with Gasteiger partial charge in [0.25, 0.3) is 5.91 Å². The lowest BCUT2D eigenvalue weighted by Gasteiger charge is -2.12. The highest BCUT2D eigenvalue weighted by atomic mass is 79.9. The largest absolute Gasteiger partial charge is 0.344 e. The molecular weight excluding hydrogens is 326 g/mol. The monoisotopic (exact) mass is 341 g/mol. The number of nitrogens with one attached hydrogen (secondary N) is 1. The zero-order valence-electron chi connectivity index (χ0n) is 11.1. The average molecular weight is 342 g/mol. The van der Waals surface area contributed by atoms with Crippen molar-refractivity contribution < 1.29 is 4.79 Å². The van der Waals surface area contributed by atoms with Crippen molar-refractivity contribution in [3.63, 3.8) is 0 Å². The predicted molar refractivity (Wildman–Crippen MR) is 80.5 cm³/mol. The molecule has 2 aromatic rings. The van der Waals surface area contributed by atoms with Gasteiger partial charge >= 0.3 is 0 Å². The number of amides is 1. The van der Waals surface area contributed by atoms with Gasteiger partial charge in [-0.25, -0.2) is 4.98 Å². The summed E-state index contributed by atoms with van der Waals surface area (Å²) in [7, 11) is 0. The molecule has 102 valence electrons. The summed E-state index contributed by atoms with van der Waals surface area (Å²) in [6, 6.07) is 2.08. The molecule has 0 aromatic carbocycles. The molecule has 0 aliphatic rings. The third-order valence-corrected chi connectivity index (χ3v) is 4.07. The van der Waals surface area contributed by atoms with Gasteiger partial charge in [0.15, 0.2) is 0 Å². The molecule has 2 heterocycles.